The van der Waals surface area contributed by atoms with E-state index in [1.165, 1.54) is 0 Å². The van der Waals surface area contributed by atoms with Crippen molar-refractivity contribution >= 4 is 17.5 Å². The van der Waals surface area contributed by atoms with Crippen LogP contribution in [0.5, 0.6) is 5.75 Å². The van der Waals surface area contributed by atoms with Crippen molar-refractivity contribution in [2.24, 2.45) is 5.73 Å². The first kappa shape index (κ1) is 15.6. The van der Waals surface area contributed by atoms with Gasteiger partial charge in [0.2, 0.25) is 0 Å². The lowest BCUT2D eigenvalue weighted by Crippen LogP contribution is -2.19. The van der Waals surface area contributed by atoms with E-state index in [1.807, 2.05) is 13.8 Å². The molecule has 2 amide bonds. The van der Waals surface area contributed by atoms with E-state index >= 15 is 0 Å². The molecule has 0 radical (unpaired) electrons. The van der Waals surface area contributed by atoms with Crippen LogP contribution in [-0.4, -0.2) is 18.9 Å². The van der Waals surface area contributed by atoms with Crippen LogP contribution in [0.15, 0.2) is 36.4 Å². The highest BCUT2D eigenvalue weighted by Gasteiger charge is 2.15. The molecule has 0 saturated heterocycles. The molecule has 0 aliphatic rings. The molecule has 5 heteroatoms. The van der Waals surface area contributed by atoms with Gasteiger partial charge in [0.05, 0.1) is 18.4 Å². The number of benzene rings is 2. The van der Waals surface area contributed by atoms with Crippen molar-refractivity contribution < 1.29 is 14.3 Å². The van der Waals surface area contributed by atoms with Crippen molar-refractivity contribution in [3.63, 3.8) is 0 Å². The first-order valence-corrected chi connectivity index (χ1v) is 6.80. The van der Waals surface area contributed by atoms with Crippen LogP contribution in [0, 0.1) is 13.8 Å². The maximum Gasteiger partial charge on any atom is 0.255 e. The van der Waals surface area contributed by atoms with E-state index in [0.717, 1.165) is 16.9 Å². The molecule has 22 heavy (non-hydrogen) atoms. The molecule has 0 aliphatic heterocycles. The quantitative estimate of drug-likeness (QED) is 0.910. The summed E-state index contributed by atoms with van der Waals surface area (Å²) in [4.78, 5) is 23.9. The summed E-state index contributed by atoms with van der Waals surface area (Å²) >= 11 is 0. The van der Waals surface area contributed by atoms with E-state index in [9.17, 15) is 9.59 Å². The largest absolute Gasteiger partial charge is 0.496 e. The fourth-order valence-electron chi connectivity index (χ4n) is 2.26. The Hall–Kier alpha value is -2.82. The molecule has 0 unspecified atom stereocenters. The number of hydrogen-bond acceptors (Lipinski definition) is 3. The predicted molar refractivity (Wildman–Crippen MR) is 85.4 cm³/mol. The second-order valence-electron chi connectivity index (χ2n) is 4.93. The van der Waals surface area contributed by atoms with E-state index in [4.69, 9.17) is 10.5 Å². The van der Waals surface area contributed by atoms with Crippen molar-refractivity contribution in [2.75, 3.05) is 12.4 Å². The van der Waals surface area contributed by atoms with E-state index < -0.39 is 5.91 Å². The molecule has 0 spiro atoms. The Morgan fingerprint density at radius 2 is 1.68 bits per heavy atom. The molecule has 0 saturated carbocycles. The minimum absolute atomic E-state index is 0.277. The standard InChI is InChI=1S/C17H18N2O3/c1-10-11(2)15(22-3)9-8-12(10)17(21)19-14-7-5-4-6-13(14)16(18)20/h4-9H,1-3H3,(H2,18,20)(H,19,21). The molecule has 0 fully saturated rings. The molecule has 0 aromatic heterocycles. The Bertz CT molecular complexity index is 739. The number of primary amides is 1. The molecule has 3 N–H and O–H groups in total. The number of nitrogens with two attached hydrogens (primary N) is 1. The predicted octanol–water partition coefficient (Wildman–Crippen LogP) is 2.66. The second kappa shape index (κ2) is 6.30. The van der Waals surface area contributed by atoms with Gasteiger partial charge in [0, 0.05) is 5.56 Å². The number of amides is 2. The Morgan fingerprint density at radius 3 is 2.32 bits per heavy atom. The van der Waals surface area contributed by atoms with Crippen LogP contribution in [0.3, 0.4) is 0 Å². The zero-order valence-electron chi connectivity index (χ0n) is 12.8. The number of carbonyl (C=O) groups is 2. The number of para-hydroxylation sites is 1. The lowest BCUT2D eigenvalue weighted by atomic mass is 10.0. The highest BCUT2D eigenvalue weighted by atomic mass is 16.5. The molecule has 0 aliphatic carbocycles. The first-order chi connectivity index (χ1) is 10.5. The zero-order chi connectivity index (χ0) is 16.3. The van der Waals surface area contributed by atoms with Crippen molar-refractivity contribution in [3.8, 4) is 5.75 Å². The number of methoxy groups -OCH3 is 1. The third-order valence-electron chi connectivity index (χ3n) is 3.64. The van der Waals surface area contributed by atoms with Gasteiger partial charge in [-0.05, 0) is 49.2 Å². The summed E-state index contributed by atoms with van der Waals surface area (Å²) in [5.74, 6) is -0.151. The fraction of sp³-hybridized carbons (Fsp3) is 0.176. The number of nitrogens with one attached hydrogen (secondary N) is 1. The van der Waals surface area contributed by atoms with E-state index in [1.54, 1.807) is 43.5 Å². The highest BCUT2D eigenvalue weighted by Crippen LogP contribution is 2.25. The summed E-state index contributed by atoms with van der Waals surface area (Å²) in [6.07, 6.45) is 0. The van der Waals surface area contributed by atoms with Crippen LogP contribution in [0.25, 0.3) is 0 Å². The lowest BCUT2D eigenvalue weighted by molar-refractivity contribution is 0.100. The summed E-state index contributed by atoms with van der Waals surface area (Å²) in [5, 5.41) is 2.73. The summed E-state index contributed by atoms with van der Waals surface area (Å²) < 4.78 is 5.24. The lowest BCUT2D eigenvalue weighted by Gasteiger charge is -2.13. The smallest absolute Gasteiger partial charge is 0.255 e. The van der Waals surface area contributed by atoms with Gasteiger partial charge in [-0.3, -0.25) is 9.59 Å². The minimum atomic E-state index is -0.585. The summed E-state index contributed by atoms with van der Waals surface area (Å²) in [6.45, 7) is 3.75. The molecule has 114 valence electrons. The first-order valence-electron chi connectivity index (χ1n) is 6.80. The topological polar surface area (TPSA) is 81.4 Å². The van der Waals surface area contributed by atoms with Crippen molar-refractivity contribution in [2.45, 2.75) is 13.8 Å². The van der Waals surface area contributed by atoms with Crippen LogP contribution < -0.4 is 15.8 Å². The van der Waals surface area contributed by atoms with Crippen LogP contribution in [0.1, 0.15) is 31.8 Å². The van der Waals surface area contributed by atoms with Gasteiger partial charge in [-0.15, -0.1) is 0 Å². The molecule has 2 aromatic rings. The number of rotatable bonds is 4. The number of carbonyl (C=O) groups excluding carboxylic acids is 2. The van der Waals surface area contributed by atoms with Crippen LogP contribution in [0.2, 0.25) is 0 Å². The Kier molecular flexibility index (Phi) is 4.46. The van der Waals surface area contributed by atoms with E-state index in [2.05, 4.69) is 5.32 Å². The van der Waals surface area contributed by atoms with Gasteiger partial charge in [0.25, 0.3) is 11.8 Å². The van der Waals surface area contributed by atoms with Gasteiger partial charge in [-0.1, -0.05) is 12.1 Å². The summed E-state index contributed by atoms with van der Waals surface area (Å²) in [6, 6.07) is 10.1. The van der Waals surface area contributed by atoms with Gasteiger partial charge in [0.15, 0.2) is 0 Å². The number of anilines is 1. The van der Waals surface area contributed by atoms with E-state index in [0.29, 0.717) is 11.3 Å². The summed E-state index contributed by atoms with van der Waals surface area (Å²) in [5.41, 5.74) is 8.24. The molecule has 2 rings (SSSR count). The van der Waals surface area contributed by atoms with Gasteiger partial charge in [0.1, 0.15) is 5.75 Å². The third kappa shape index (κ3) is 2.93. The number of hydrogen-bond donors (Lipinski definition) is 2. The maximum atomic E-state index is 12.5. The van der Waals surface area contributed by atoms with Crippen LogP contribution in [-0.2, 0) is 0 Å². The fourth-order valence-corrected chi connectivity index (χ4v) is 2.26. The molecule has 0 atom stereocenters. The Balaban J connectivity index is 2.35. The average molecular weight is 298 g/mol. The van der Waals surface area contributed by atoms with Crippen molar-refractivity contribution in [1.82, 2.24) is 0 Å². The number of ether oxygens (including phenoxy) is 1. The van der Waals surface area contributed by atoms with Crippen LogP contribution in [0.4, 0.5) is 5.69 Å². The zero-order valence-corrected chi connectivity index (χ0v) is 12.8. The minimum Gasteiger partial charge on any atom is -0.496 e. The Labute approximate surface area is 129 Å². The molecular weight excluding hydrogens is 280 g/mol. The molecule has 5 nitrogen and oxygen atoms in total. The maximum absolute atomic E-state index is 12.5. The van der Waals surface area contributed by atoms with Gasteiger partial charge in [-0.2, -0.15) is 0 Å². The van der Waals surface area contributed by atoms with Gasteiger partial charge < -0.3 is 15.8 Å². The van der Waals surface area contributed by atoms with Crippen LogP contribution >= 0.6 is 0 Å². The van der Waals surface area contributed by atoms with Gasteiger partial charge >= 0.3 is 0 Å². The molecule has 2 aromatic carbocycles. The molecule has 0 bridgehead atoms. The SMILES string of the molecule is COc1ccc(C(=O)Nc2ccccc2C(N)=O)c(C)c1C. The molecular formula is C17H18N2O3. The summed E-state index contributed by atoms with van der Waals surface area (Å²) in [7, 11) is 1.59. The van der Waals surface area contributed by atoms with Crippen molar-refractivity contribution in [3.05, 3.63) is 58.7 Å². The average Bonchev–Trinajstić information content (AvgIpc) is 2.50. The second-order valence-corrected chi connectivity index (χ2v) is 4.93. The molecule has 0 heterocycles. The monoisotopic (exact) mass is 298 g/mol. The normalized spacial score (nSPS) is 10.1. The highest BCUT2D eigenvalue weighted by molar-refractivity contribution is 6.09. The third-order valence-corrected chi connectivity index (χ3v) is 3.64. The van der Waals surface area contributed by atoms with Crippen molar-refractivity contribution in [1.29, 1.82) is 0 Å². The van der Waals surface area contributed by atoms with Gasteiger partial charge in [-0.25, -0.2) is 0 Å². The Morgan fingerprint density at radius 1 is 1.00 bits per heavy atom. The van der Waals surface area contributed by atoms with E-state index in [-0.39, 0.29) is 11.5 Å².